The number of carbonyl (C=O) groups excluding carboxylic acids is 1. The van der Waals surface area contributed by atoms with Crippen LogP contribution in [0.15, 0.2) is 57.9 Å². The van der Waals surface area contributed by atoms with Crippen molar-refractivity contribution in [1.82, 2.24) is 9.80 Å². The van der Waals surface area contributed by atoms with Gasteiger partial charge in [-0.25, -0.2) is 0 Å². The van der Waals surface area contributed by atoms with Crippen molar-refractivity contribution >= 4 is 33.6 Å². The van der Waals surface area contributed by atoms with Crippen LogP contribution in [0.4, 0.5) is 0 Å². The second-order valence-corrected chi connectivity index (χ2v) is 8.96. The van der Waals surface area contributed by atoms with Crippen LogP contribution < -0.4 is 0 Å². The van der Waals surface area contributed by atoms with Gasteiger partial charge in [-0.3, -0.25) is 9.69 Å². The van der Waals surface area contributed by atoms with Crippen molar-refractivity contribution in [3.05, 3.63) is 64.1 Å². The number of benzene rings is 2. The average molecular weight is 458 g/mol. The van der Waals surface area contributed by atoms with Gasteiger partial charge in [-0.15, -0.1) is 11.8 Å². The zero-order valence-corrected chi connectivity index (χ0v) is 18.2. The smallest absolute Gasteiger partial charge is 0.223 e. The van der Waals surface area contributed by atoms with Gasteiger partial charge in [0.25, 0.3) is 0 Å². The van der Waals surface area contributed by atoms with Gasteiger partial charge in [-0.2, -0.15) is 5.26 Å². The fourth-order valence-corrected chi connectivity index (χ4v) is 4.37. The van der Waals surface area contributed by atoms with Crippen molar-refractivity contribution in [2.24, 2.45) is 0 Å². The average Bonchev–Trinajstić information content (AvgIpc) is 2.96. The van der Waals surface area contributed by atoms with Crippen LogP contribution in [0.1, 0.15) is 24.0 Å². The number of thioether (sulfide) groups is 1. The Labute approximate surface area is 179 Å². The van der Waals surface area contributed by atoms with Gasteiger partial charge < -0.3 is 4.90 Å². The zero-order chi connectivity index (χ0) is 19.8. The van der Waals surface area contributed by atoms with Crippen LogP contribution in [0.25, 0.3) is 0 Å². The third kappa shape index (κ3) is 6.37. The molecule has 146 valence electrons. The van der Waals surface area contributed by atoms with E-state index in [0.29, 0.717) is 12.0 Å². The molecule has 0 atom stereocenters. The molecule has 0 spiro atoms. The lowest BCUT2D eigenvalue weighted by Gasteiger charge is -2.22. The van der Waals surface area contributed by atoms with E-state index in [0.717, 1.165) is 49.4 Å². The van der Waals surface area contributed by atoms with Crippen LogP contribution in [0.3, 0.4) is 0 Å². The molecular weight excluding hydrogens is 434 g/mol. The summed E-state index contributed by atoms with van der Waals surface area (Å²) in [5.74, 6) is 1.07. The molecule has 0 bridgehead atoms. The summed E-state index contributed by atoms with van der Waals surface area (Å²) in [6, 6.07) is 18.1. The first-order valence-corrected chi connectivity index (χ1v) is 11.3. The minimum atomic E-state index is 0.254. The molecule has 0 radical (unpaired) electrons. The number of nitriles is 1. The summed E-state index contributed by atoms with van der Waals surface area (Å²) < 4.78 is 1.07. The summed E-state index contributed by atoms with van der Waals surface area (Å²) in [6.07, 6.45) is 1.58. The Hall–Kier alpha value is -1.81. The summed E-state index contributed by atoms with van der Waals surface area (Å²) in [4.78, 5) is 18.2. The maximum Gasteiger partial charge on any atom is 0.223 e. The molecule has 0 saturated carbocycles. The Balaban J connectivity index is 1.42. The molecule has 2 aromatic carbocycles. The molecule has 3 rings (SSSR count). The SMILES string of the molecule is N#Cc1ccc(CN2CCCN(C(=O)CCSc3ccc(Br)cc3)CC2)cc1. The molecule has 1 saturated heterocycles. The van der Waals surface area contributed by atoms with Crippen molar-refractivity contribution < 1.29 is 4.79 Å². The number of hydrogen-bond acceptors (Lipinski definition) is 4. The third-order valence-corrected chi connectivity index (χ3v) is 6.37. The first-order chi connectivity index (χ1) is 13.6. The largest absolute Gasteiger partial charge is 0.341 e. The van der Waals surface area contributed by atoms with E-state index in [1.807, 2.05) is 41.3 Å². The highest BCUT2D eigenvalue weighted by molar-refractivity contribution is 9.10. The Morgan fingerprint density at radius 2 is 1.79 bits per heavy atom. The highest BCUT2D eigenvalue weighted by Crippen LogP contribution is 2.21. The number of rotatable bonds is 6. The lowest BCUT2D eigenvalue weighted by atomic mass is 10.1. The fourth-order valence-electron chi connectivity index (χ4n) is 3.27. The molecule has 0 N–H and O–H groups in total. The first kappa shape index (κ1) is 20.9. The number of halogens is 1. The van der Waals surface area contributed by atoms with Gasteiger partial charge in [-0.1, -0.05) is 28.1 Å². The molecule has 28 heavy (non-hydrogen) atoms. The number of carbonyl (C=O) groups is 1. The standard InChI is InChI=1S/C22H24BrN3OS/c23-20-6-8-21(9-7-20)28-15-10-22(27)26-12-1-11-25(13-14-26)17-19-4-2-18(16-24)3-5-19/h2-9H,1,10-15,17H2. The molecule has 1 fully saturated rings. The number of hydrogen-bond donors (Lipinski definition) is 0. The van der Waals surface area contributed by atoms with Crippen LogP contribution in [0.5, 0.6) is 0 Å². The molecule has 4 nitrogen and oxygen atoms in total. The van der Waals surface area contributed by atoms with Crippen molar-refractivity contribution in [2.75, 3.05) is 31.9 Å². The Morgan fingerprint density at radius 3 is 2.50 bits per heavy atom. The monoisotopic (exact) mass is 457 g/mol. The predicted molar refractivity (Wildman–Crippen MR) is 117 cm³/mol. The van der Waals surface area contributed by atoms with Gasteiger partial charge in [0.15, 0.2) is 0 Å². The van der Waals surface area contributed by atoms with E-state index < -0.39 is 0 Å². The normalized spacial score (nSPS) is 15.1. The fraction of sp³-hybridized carbons (Fsp3) is 0.364. The van der Waals surface area contributed by atoms with Gasteiger partial charge in [-0.05, 0) is 48.4 Å². The molecule has 2 aromatic rings. The minimum Gasteiger partial charge on any atom is -0.341 e. The lowest BCUT2D eigenvalue weighted by molar-refractivity contribution is -0.130. The Morgan fingerprint density at radius 1 is 1.04 bits per heavy atom. The summed E-state index contributed by atoms with van der Waals surface area (Å²) >= 11 is 5.17. The van der Waals surface area contributed by atoms with Crippen LogP contribution in [0.2, 0.25) is 0 Å². The summed E-state index contributed by atoms with van der Waals surface area (Å²) in [7, 11) is 0. The van der Waals surface area contributed by atoms with E-state index in [-0.39, 0.29) is 5.91 Å². The van der Waals surface area contributed by atoms with Crippen molar-refractivity contribution in [3.63, 3.8) is 0 Å². The predicted octanol–water partition coefficient (Wildman–Crippen LogP) is 4.54. The van der Waals surface area contributed by atoms with E-state index in [4.69, 9.17) is 5.26 Å². The molecule has 1 heterocycles. The van der Waals surface area contributed by atoms with Crippen LogP contribution in [-0.2, 0) is 11.3 Å². The molecule has 6 heteroatoms. The van der Waals surface area contributed by atoms with Gasteiger partial charge in [0.05, 0.1) is 11.6 Å². The second-order valence-electron chi connectivity index (χ2n) is 6.87. The molecule has 0 aromatic heterocycles. The first-order valence-electron chi connectivity index (χ1n) is 9.51. The van der Waals surface area contributed by atoms with Gasteiger partial charge in [0, 0.05) is 54.3 Å². The van der Waals surface area contributed by atoms with Crippen LogP contribution in [0, 0.1) is 11.3 Å². The third-order valence-electron chi connectivity index (χ3n) is 4.83. The highest BCUT2D eigenvalue weighted by Gasteiger charge is 2.19. The topological polar surface area (TPSA) is 47.3 Å². The van der Waals surface area contributed by atoms with Crippen LogP contribution >= 0.6 is 27.7 Å². The van der Waals surface area contributed by atoms with Gasteiger partial charge in [0.1, 0.15) is 0 Å². The van der Waals surface area contributed by atoms with E-state index in [1.165, 1.54) is 10.5 Å². The Bertz CT molecular complexity index is 817. The molecule has 0 aliphatic carbocycles. The maximum absolute atomic E-state index is 12.6. The Kier molecular flexibility index (Phi) is 7.96. The van der Waals surface area contributed by atoms with Gasteiger partial charge in [0.2, 0.25) is 5.91 Å². The molecule has 0 unspecified atom stereocenters. The van der Waals surface area contributed by atoms with Crippen molar-refractivity contribution in [2.45, 2.75) is 24.3 Å². The van der Waals surface area contributed by atoms with E-state index in [9.17, 15) is 4.79 Å². The molecule has 1 aliphatic heterocycles. The zero-order valence-electron chi connectivity index (χ0n) is 15.8. The number of nitrogens with zero attached hydrogens (tertiary/aromatic N) is 3. The van der Waals surface area contributed by atoms with E-state index in [1.54, 1.807) is 11.8 Å². The van der Waals surface area contributed by atoms with Crippen molar-refractivity contribution in [3.8, 4) is 6.07 Å². The molecule has 1 amide bonds. The van der Waals surface area contributed by atoms with Crippen molar-refractivity contribution in [1.29, 1.82) is 5.26 Å². The highest BCUT2D eigenvalue weighted by atomic mass is 79.9. The second kappa shape index (κ2) is 10.7. The lowest BCUT2D eigenvalue weighted by Crippen LogP contribution is -2.35. The molecular formula is C22H24BrN3OS. The van der Waals surface area contributed by atoms with Crippen LogP contribution in [-0.4, -0.2) is 47.6 Å². The van der Waals surface area contributed by atoms with E-state index in [2.05, 4.69) is 39.0 Å². The summed E-state index contributed by atoms with van der Waals surface area (Å²) in [6.45, 7) is 4.39. The van der Waals surface area contributed by atoms with E-state index >= 15 is 0 Å². The maximum atomic E-state index is 12.6. The number of amides is 1. The summed E-state index contributed by atoms with van der Waals surface area (Å²) in [5.41, 5.74) is 1.90. The summed E-state index contributed by atoms with van der Waals surface area (Å²) in [5, 5.41) is 8.90. The minimum absolute atomic E-state index is 0.254. The molecule has 1 aliphatic rings. The quantitative estimate of drug-likeness (QED) is 0.597. The van der Waals surface area contributed by atoms with Gasteiger partial charge >= 0.3 is 0 Å².